The summed E-state index contributed by atoms with van der Waals surface area (Å²) in [7, 11) is 0. The summed E-state index contributed by atoms with van der Waals surface area (Å²) in [5.74, 6) is -16.1. The van der Waals surface area contributed by atoms with Gasteiger partial charge in [0.15, 0.2) is 0 Å². The van der Waals surface area contributed by atoms with Crippen molar-refractivity contribution >= 4 is 88.9 Å². The topological polar surface area (TPSA) is 521 Å². The minimum atomic E-state index is -1.82. The molecule has 1 saturated carbocycles. The summed E-state index contributed by atoms with van der Waals surface area (Å²) in [5, 5.41) is 66.6. The van der Waals surface area contributed by atoms with Crippen LogP contribution in [0, 0.1) is 17.8 Å². The van der Waals surface area contributed by atoms with E-state index in [2.05, 4.69) is 58.5 Å². The number of nitrogens with two attached hydrogens (primary N) is 2. The summed E-state index contributed by atoms with van der Waals surface area (Å²) in [4.78, 5) is 199. The Balaban J connectivity index is 2.48. The van der Waals surface area contributed by atoms with E-state index in [4.69, 9.17) is 11.5 Å². The van der Waals surface area contributed by atoms with Gasteiger partial charge in [0.05, 0.1) is 12.5 Å². The summed E-state index contributed by atoms with van der Waals surface area (Å²) in [6.45, 7) is 12.4. The van der Waals surface area contributed by atoms with E-state index in [0.29, 0.717) is 12.8 Å². The first kappa shape index (κ1) is 82.3. The number of benzene rings is 1. The SMILES string of the molecule is CCCC[C@H](NC(=O)[C@H](CCC(N)=O)NC(=O)[C@H](CCCCN)NC(=O)[C@@H](CC1CC1)NC(=O)[C@H](CC(C)C)NC(=O)[C@H](CC(=O)O)NCc1ccccc1)C(=O)N[C@@H](CCC(=O)O)C(=O)N[C@@H](CCC(=O)O)C(=O)N[C@@H](CCC(=O)O)C(=O)N[C@@H](C)C(=O)N[C@H](C)C(C)C. The van der Waals surface area contributed by atoms with Crippen molar-refractivity contribution in [3.8, 4) is 0 Å². The standard InChI is InChI=1S/C63H101N13O19/c1-8-9-17-40(56(88)73-44(23-27-51(80)81)60(92)74-45(24-28-52(82)83)59(91)72-43(22-26-50(78)79)55(87)68-37(7)54(86)67-36(6)35(4)5)69-58(90)42(21-25-49(65)77)71-57(89)41(18-13-14-29-64)70-63(95)48(31-38-19-20-38)76-62(94)47(30-34(2)3)75-61(93)46(32-53(84)85)66-33-39-15-11-10-12-16-39/h10-12,15-16,34-38,40-48,66H,8-9,13-14,17-33,64H2,1-7H3,(H2,65,77)(H,67,86)(H,68,87)(H,69,90)(H,70,95)(H,71,89)(H,72,91)(H,73,88)(H,74,92)(H,75,93)(H,76,94)(H,78,79)(H,80,81)(H,82,83)(H,84,85)/t36-,37+,40+,41+,42+,43+,44+,45+,46+,47+,48-/m1/s1. The van der Waals surface area contributed by atoms with Crippen molar-refractivity contribution in [3.05, 3.63) is 35.9 Å². The second kappa shape index (κ2) is 43.2. The number of carbonyl (C=O) groups is 15. The highest BCUT2D eigenvalue weighted by Crippen LogP contribution is 2.33. The van der Waals surface area contributed by atoms with Gasteiger partial charge in [-0.3, -0.25) is 71.9 Å². The molecule has 2 rings (SSSR count). The average Bonchev–Trinajstić information content (AvgIpc) is 1.86. The van der Waals surface area contributed by atoms with Crippen LogP contribution >= 0.6 is 0 Å². The Morgan fingerprint density at radius 2 is 0.821 bits per heavy atom. The molecule has 19 N–H and O–H groups in total. The quantitative estimate of drug-likeness (QED) is 0.0355. The Morgan fingerprint density at radius 1 is 0.442 bits per heavy atom. The molecule has 32 heteroatoms. The molecule has 1 fully saturated rings. The Labute approximate surface area is 553 Å². The van der Waals surface area contributed by atoms with Crippen molar-refractivity contribution in [2.24, 2.45) is 29.2 Å². The first-order valence-electron chi connectivity index (χ1n) is 32.4. The largest absolute Gasteiger partial charge is 0.481 e. The molecule has 1 aliphatic carbocycles. The van der Waals surface area contributed by atoms with Gasteiger partial charge in [0.1, 0.15) is 54.4 Å². The number of primary amides is 1. The van der Waals surface area contributed by atoms with Crippen LogP contribution in [0.15, 0.2) is 30.3 Å². The van der Waals surface area contributed by atoms with Crippen LogP contribution < -0.4 is 70.0 Å². The number of nitrogens with one attached hydrogen (secondary N) is 11. The highest BCUT2D eigenvalue weighted by Gasteiger charge is 2.38. The van der Waals surface area contributed by atoms with E-state index >= 15 is 0 Å². The van der Waals surface area contributed by atoms with Crippen LogP contribution in [0.5, 0.6) is 0 Å². The molecule has 0 spiro atoms. The van der Waals surface area contributed by atoms with E-state index in [1.54, 1.807) is 58.0 Å². The maximum Gasteiger partial charge on any atom is 0.305 e. The molecule has 1 aromatic carbocycles. The lowest BCUT2D eigenvalue weighted by Gasteiger charge is -2.28. The van der Waals surface area contributed by atoms with E-state index in [-0.39, 0.29) is 75.4 Å². The maximum absolute atomic E-state index is 14.4. The van der Waals surface area contributed by atoms with Gasteiger partial charge in [0.25, 0.3) is 0 Å². The molecular formula is C63H101N13O19. The lowest BCUT2D eigenvalue weighted by Crippen LogP contribution is -2.60. The van der Waals surface area contributed by atoms with Gasteiger partial charge in [-0.15, -0.1) is 0 Å². The first-order valence-corrected chi connectivity index (χ1v) is 32.4. The second-order valence-electron chi connectivity index (χ2n) is 24.8. The van der Waals surface area contributed by atoms with Crippen LogP contribution in [0.3, 0.4) is 0 Å². The van der Waals surface area contributed by atoms with Crippen molar-refractivity contribution in [3.63, 3.8) is 0 Å². The normalized spacial score (nSPS) is 15.4. The van der Waals surface area contributed by atoms with Gasteiger partial charge in [-0.25, -0.2) is 0 Å². The lowest BCUT2D eigenvalue weighted by molar-refractivity contribution is -0.140. The summed E-state index contributed by atoms with van der Waals surface area (Å²) in [5.41, 5.74) is 12.1. The van der Waals surface area contributed by atoms with Crippen LogP contribution in [-0.4, -0.2) is 182 Å². The number of aliphatic carboxylic acids is 4. The number of amides is 11. The van der Waals surface area contributed by atoms with Crippen molar-refractivity contribution in [2.45, 2.75) is 243 Å². The van der Waals surface area contributed by atoms with Gasteiger partial charge in [-0.05, 0) is 108 Å². The van der Waals surface area contributed by atoms with Crippen LogP contribution in [0.4, 0.5) is 0 Å². The number of unbranched alkanes of at least 4 members (excludes halogenated alkanes) is 2. The fourth-order valence-corrected chi connectivity index (χ4v) is 9.57. The molecule has 0 radical (unpaired) electrons. The Morgan fingerprint density at radius 3 is 1.21 bits per heavy atom. The molecule has 11 atom stereocenters. The number of carboxylic acids is 4. The fourth-order valence-electron chi connectivity index (χ4n) is 9.57. The molecule has 0 aromatic heterocycles. The van der Waals surface area contributed by atoms with Crippen LogP contribution in [-0.2, 0) is 78.5 Å². The number of carbonyl (C=O) groups excluding carboxylic acids is 11. The highest BCUT2D eigenvalue weighted by atomic mass is 16.4. The van der Waals surface area contributed by atoms with Crippen molar-refractivity contribution in [1.82, 2.24) is 58.5 Å². The van der Waals surface area contributed by atoms with E-state index in [1.807, 2.05) is 13.8 Å². The summed E-state index contributed by atoms with van der Waals surface area (Å²) in [6, 6.07) is -6.29. The summed E-state index contributed by atoms with van der Waals surface area (Å²) in [6.07, 6.45) is -2.86. The predicted octanol–water partition coefficient (Wildman–Crippen LogP) is -0.811. The molecule has 532 valence electrons. The van der Waals surface area contributed by atoms with E-state index in [0.717, 1.165) is 18.4 Å². The van der Waals surface area contributed by atoms with Crippen molar-refractivity contribution in [2.75, 3.05) is 6.54 Å². The molecule has 1 aliphatic rings. The molecule has 95 heavy (non-hydrogen) atoms. The minimum absolute atomic E-state index is 0.00170. The zero-order chi connectivity index (χ0) is 71.5. The highest BCUT2D eigenvalue weighted by molar-refractivity contribution is 5.99. The number of carboxylic acid groups (broad SMARTS) is 4. The molecule has 1 aromatic rings. The third kappa shape index (κ3) is 33.7. The molecule has 0 unspecified atom stereocenters. The number of hydrogen-bond acceptors (Lipinski definition) is 17. The Kier molecular flexibility index (Phi) is 37.4. The van der Waals surface area contributed by atoms with Gasteiger partial charge in [-0.1, -0.05) is 90.6 Å². The molecule has 11 amide bonds. The molecule has 32 nitrogen and oxygen atoms in total. The van der Waals surface area contributed by atoms with Gasteiger partial charge < -0.3 is 90.4 Å². The summed E-state index contributed by atoms with van der Waals surface area (Å²) >= 11 is 0. The van der Waals surface area contributed by atoms with Crippen molar-refractivity contribution in [1.29, 1.82) is 0 Å². The molecule has 0 heterocycles. The van der Waals surface area contributed by atoms with E-state index < -0.39 is 207 Å². The number of rotatable bonds is 49. The second-order valence-corrected chi connectivity index (χ2v) is 24.8. The van der Waals surface area contributed by atoms with Gasteiger partial charge in [0.2, 0.25) is 65.0 Å². The van der Waals surface area contributed by atoms with E-state index in [1.165, 1.54) is 6.92 Å². The molecule has 0 bridgehead atoms. The molecule has 0 aliphatic heterocycles. The Hall–Kier alpha value is -8.81. The third-order valence-electron chi connectivity index (χ3n) is 15.7. The first-order chi connectivity index (χ1) is 44.7. The van der Waals surface area contributed by atoms with Crippen molar-refractivity contribution < 1.29 is 92.3 Å². The predicted molar refractivity (Wildman–Crippen MR) is 343 cm³/mol. The molecular weight excluding hydrogens is 1240 g/mol. The zero-order valence-electron chi connectivity index (χ0n) is 55.4. The van der Waals surface area contributed by atoms with Gasteiger partial charge in [0, 0.05) is 38.3 Å². The van der Waals surface area contributed by atoms with Gasteiger partial charge >= 0.3 is 23.9 Å². The minimum Gasteiger partial charge on any atom is -0.481 e. The van der Waals surface area contributed by atoms with Crippen LogP contribution in [0.2, 0.25) is 0 Å². The van der Waals surface area contributed by atoms with Crippen LogP contribution in [0.1, 0.15) is 176 Å². The molecule has 0 saturated heterocycles. The summed E-state index contributed by atoms with van der Waals surface area (Å²) < 4.78 is 0. The zero-order valence-corrected chi connectivity index (χ0v) is 55.4. The van der Waals surface area contributed by atoms with Crippen LogP contribution in [0.25, 0.3) is 0 Å². The lowest BCUT2D eigenvalue weighted by atomic mass is 10.0. The smallest absolute Gasteiger partial charge is 0.305 e. The fraction of sp³-hybridized carbons (Fsp3) is 0.667. The Bertz CT molecular complexity index is 2770. The van der Waals surface area contributed by atoms with Gasteiger partial charge in [-0.2, -0.15) is 0 Å². The maximum atomic E-state index is 14.4. The monoisotopic (exact) mass is 1340 g/mol. The average molecular weight is 1340 g/mol. The number of hydrogen-bond donors (Lipinski definition) is 17. The third-order valence-corrected chi connectivity index (χ3v) is 15.7. The van der Waals surface area contributed by atoms with E-state index in [9.17, 15) is 92.3 Å².